The maximum Gasteiger partial charge on any atom is 0.335 e. The predicted octanol–water partition coefficient (Wildman–Crippen LogP) is 4.86. The lowest BCUT2D eigenvalue weighted by Gasteiger charge is -2.13. The van der Waals surface area contributed by atoms with Gasteiger partial charge in [0.25, 0.3) is 0 Å². The fraction of sp³-hybridized carbons (Fsp3) is 0.0909. The molecule has 0 heterocycles. The lowest BCUT2D eigenvalue weighted by atomic mass is 10.1. The number of hydrogen-bond donors (Lipinski definition) is 1. The van der Waals surface area contributed by atoms with Gasteiger partial charge in [0.1, 0.15) is 12.4 Å². The van der Waals surface area contributed by atoms with Crippen LogP contribution in [0.4, 0.5) is 10.1 Å². The van der Waals surface area contributed by atoms with Crippen LogP contribution < -0.4 is 9.47 Å². The zero-order valence-electron chi connectivity index (χ0n) is 15.1. The van der Waals surface area contributed by atoms with E-state index in [1.54, 1.807) is 48.5 Å². The van der Waals surface area contributed by atoms with Crippen LogP contribution in [0.1, 0.15) is 21.5 Å². The highest BCUT2D eigenvalue weighted by Crippen LogP contribution is 2.31. The second-order valence-corrected chi connectivity index (χ2v) is 5.88. The van der Waals surface area contributed by atoms with E-state index < -0.39 is 11.8 Å². The molecule has 142 valence electrons. The Morgan fingerprint density at radius 1 is 1.07 bits per heavy atom. The molecular weight excluding hydrogens is 361 g/mol. The number of benzene rings is 3. The van der Waals surface area contributed by atoms with Gasteiger partial charge < -0.3 is 14.6 Å². The number of carboxylic acids is 1. The van der Waals surface area contributed by atoms with Crippen molar-refractivity contribution >= 4 is 17.9 Å². The first-order valence-corrected chi connectivity index (χ1v) is 8.49. The highest BCUT2D eigenvalue weighted by Gasteiger charge is 2.10. The van der Waals surface area contributed by atoms with Crippen molar-refractivity contribution in [3.05, 3.63) is 89.2 Å². The summed E-state index contributed by atoms with van der Waals surface area (Å²) in [6, 6.07) is 18.0. The molecule has 0 aliphatic rings. The molecular formula is C22H18FNO4. The van der Waals surface area contributed by atoms with Gasteiger partial charge in [0.05, 0.1) is 18.4 Å². The zero-order chi connectivity index (χ0) is 19.9. The van der Waals surface area contributed by atoms with Crippen molar-refractivity contribution in [1.29, 1.82) is 0 Å². The smallest absolute Gasteiger partial charge is 0.335 e. The Kier molecular flexibility index (Phi) is 6.01. The molecule has 0 bridgehead atoms. The zero-order valence-corrected chi connectivity index (χ0v) is 15.1. The minimum absolute atomic E-state index is 0.207. The van der Waals surface area contributed by atoms with Crippen molar-refractivity contribution in [3.63, 3.8) is 0 Å². The molecule has 28 heavy (non-hydrogen) atoms. The highest BCUT2D eigenvalue weighted by molar-refractivity contribution is 5.88. The molecule has 0 radical (unpaired) electrons. The molecule has 6 heteroatoms. The van der Waals surface area contributed by atoms with E-state index in [4.69, 9.17) is 14.6 Å². The molecule has 3 aromatic rings. The highest BCUT2D eigenvalue weighted by atomic mass is 19.1. The summed E-state index contributed by atoms with van der Waals surface area (Å²) < 4.78 is 25.1. The number of nitrogens with zero attached hydrogens (tertiary/aromatic N) is 1. The molecule has 0 fully saturated rings. The van der Waals surface area contributed by atoms with E-state index >= 15 is 0 Å². The van der Waals surface area contributed by atoms with Crippen molar-refractivity contribution < 1.29 is 23.8 Å². The molecule has 3 aromatic carbocycles. The molecule has 0 saturated carbocycles. The molecule has 0 unspecified atom stereocenters. The normalized spacial score (nSPS) is 10.8. The largest absolute Gasteiger partial charge is 0.493 e. The van der Waals surface area contributed by atoms with E-state index in [-0.39, 0.29) is 17.9 Å². The summed E-state index contributed by atoms with van der Waals surface area (Å²) in [5.41, 5.74) is 1.86. The first-order chi connectivity index (χ1) is 13.6. The predicted molar refractivity (Wildman–Crippen MR) is 104 cm³/mol. The minimum atomic E-state index is -0.983. The van der Waals surface area contributed by atoms with Crippen LogP contribution in [0.2, 0.25) is 0 Å². The van der Waals surface area contributed by atoms with Crippen LogP contribution in [0.25, 0.3) is 0 Å². The van der Waals surface area contributed by atoms with Crippen LogP contribution in [-0.2, 0) is 6.61 Å². The lowest BCUT2D eigenvalue weighted by molar-refractivity contribution is 0.0697. The Morgan fingerprint density at radius 2 is 1.82 bits per heavy atom. The van der Waals surface area contributed by atoms with Crippen LogP contribution in [-0.4, -0.2) is 24.4 Å². The molecule has 0 atom stereocenters. The number of halogens is 1. The Labute approximate surface area is 161 Å². The first-order valence-electron chi connectivity index (χ1n) is 8.49. The van der Waals surface area contributed by atoms with Crippen LogP contribution in [0.15, 0.2) is 71.7 Å². The summed E-state index contributed by atoms with van der Waals surface area (Å²) >= 11 is 0. The van der Waals surface area contributed by atoms with Crippen LogP contribution in [0.5, 0.6) is 11.5 Å². The van der Waals surface area contributed by atoms with Gasteiger partial charge in [0.15, 0.2) is 11.5 Å². The average molecular weight is 379 g/mol. The number of rotatable bonds is 7. The summed E-state index contributed by atoms with van der Waals surface area (Å²) in [5.74, 6) is -0.418. The number of hydrogen-bond acceptors (Lipinski definition) is 4. The molecule has 1 N–H and O–H groups in total. The molecule has 5 nitrogen and oxygen atoms in total. The van der Waals surface area contributed by atoms with Crippen molar-refractivity contribution in [1.82, 2.24) is 0 Å². The van der Waals surface area contributed by atoms with Gasteiger partial charge in [-0.25, -0.2) is 9.18 Å². The van der Waals surface area contributed by atoms with E-state index in [0.717, 1.165) is 5.56 Å². The number of carbonyl (C=O) groups is 1. The maximum atomic E-state index is 13.8. The van der Waals surface area contributed by atoms with E-state index in [1.165, 1.54) is 31.5 Å². The Morgan fingerprint density at radius 3 is 2.50 bits per heavy atom. The number of para-hydroxylation sites is 2. The van der Waals surface area contributed by atoms with Crippen molar-refractivity contribution in [2.75, 3.05) is 7.11 Å². The summed E-state index contributed by atoms with van der Waals surface area (Å²) in [6.45, 7) is 0.209. The molecule has 0 aliphatic heterocycles. The van der Waals surface area contributed by atoms with Gasteiger partial charge in [0.2, 0.25) is 0 Å². The van der Waals surface area contributed by atoms with Gasteiger partial charge in [-0.05, 0) is 42.0 Å². The topological polar surface area (TPSA) is 68.1 Å². The van der Waals surface area contributed by atoms with Crippen molar-refractivity contribution in [2.45, 2.75) is 6.61 Å². The molecule has 0 aliphatic carbocycles. The van der Waals surface area contributed by atoms with Crippen LogP contribution in [0.3, 0.4) is 0 Å². The van der Waals surface area contributed by atoms with E-state index in [2.05, 4.69) is 4.99 Å². The van der Waals surface area contributed by atoms with Crippen molar-refractivity contribution in [3.8, 4) is 11.5 Å². The second-order valence-electron chi connectivity index (χ2n) is 5.88. The Balaban J connectivity index is 1.83. The number of methoxy groups -OCH3 is 1. The Hall–Kier alpha value is -3.67. The van der Waals surface area contributed by atoms with Gasteiger partial charge in [-0.3, -0.25) is 4.99 Å². The van der Waals surface area contributed by atoms with E-state index in [0.29, 0.717) is 17.1 Å². The third-order valence-electron chi connectivity index (χ3n) is 4.01. The van der Waals surface area contributed by atoms with Gasteiger partial charge >= 0.3 is 5.97 Å². The summed E-state index contributed by atoms with van der Waals surface area (Å²) in [6.07, 6.45) is 1.52. The number of ether oxygens (including phenoxy) is 2. The van der Waals surface area contributed by atoms with Gasteiger partial charge in [0, 0.05) is 11.8 Å². The number of aliphatic imine (C=N–C) groups is 1. The number of carboxylic acid groups (broad SMARTS) is 1. The quantitative estimate of drug-likeness (QED) is 0.595. The SMILES string of the molecule is COc1cccc(C=Nc2ccccc2F)c1OCc1ccc(C(=O)O)cc1. The summed E-state index contributed by atoms with van der Waals surface area (Å²) in [5, 5.41) is 8.97. The van der Waals surface area contributed by atoms with E-state index in [9.17, 15) is 9.18 Å². The van der Waals surface area contributed by atoms with Crippen LogP contribution >= 0.6 is 0 Å². The van der Waals surface area contributed by atoms with E-state index in [1.807, 2.05) is 0 Å². The maximum absolute atomic E-state index is 13.8. The fourth-order valence-electron chi connectivity index (χ4n) is 2.54. The fourth-order valence-corrected chi connectivity index (χ4v) is 2.54. The molecule has 0 saturated heterocycles. The second kappa shape index (κ2) is 8.81. The average Bonchev–Trinajstić information content (AvgIpc) is 2.72. The lowest BCUT2D eigenvalue weighted by Crippen LogP contribution is -2.02. The third-order valence-corrected chi connectivity index (χ3v) is 4.01. The molecule has 0 spiro atoms. The number of aromatic carboxylic acids is 1. The van der Waals surface area contributed by atoms with Gasteiger partial charge in [-0.15, -0.1) is 0 Å². The van der Waals surface area contributed by atoms with Crippen LogP contribution in [0, 0.1) is 5.82 Å². The van der Waals surface area contributed by atoms with Gasteiger partial charge in [-0.1, -0.05) is 30.3 Å². The van der Waals surface area contributed by atoms with Crippen molar-refractivity contribution in [2.24, 2.45) is 4.99 Å². The monoisotopic (exact) mass is 379 g/mol. The third kappa shape index (κ3) is 4.54. The minimum Gasteiger partial charge on any atom is -0.493 e. The standard InChI is InChI=1S/C22H18FNO4/c1-27-20-8-4-5-17(13-24-19-7-3-2-6-18(19)23)21(20)28-14-15-9-11-16(12-10-15)22(25)26/h2-13H,14H2,1H3,(H,25,26). The van der Waals surface area contributed by atoms with Gasteiger partial charge in [-0.2, -0.15) is 0 Å². The molecule has 3 rings (SSSR count). The first kappa shape index (κ1) is 19.1. The molecule has 0 aromatic heterocycles. The molecule has 0 amide bonds. The summed E-state index contributed by atoms with van der Waals surface area (Å²) in [4.78, 5) is 15.1. The summed E-state index contributed by atoms with van der Waals surface area (Å²) in [7, 11) is 1.53. The Bertz CT molecular complexity index is 1000.